The quantitative estimate of drug-likeness (QED) is 0.925. The second kappa shape index (κ2) is 7.08. The molecule has 3 rings (SSSR count). The molecular formula is C20H29N3O2. The number of likely N-dealkylation sites (tertiary alicyclic amines) is 1. The summed E-state index contributed by atoms with van der Waals surface area (Å²) in [6, 6.07) is 8.76. The number of piperidine rings is 1. The number of aromatic nitrogens is 1. The maximum atomic E-state index is 12.3. The number of para-hydroxylation sites is 1. The largest absolute Gasteiger partial charge is 0.444 e. The lowest BCUT2D eigenvalue weighted by atomic mass is 10.1. The lowest BCUT2D eigenvalue weighted by Gasteiger charge is -2.34. The highest BCUT2D eigenvalue weighted by molar-refractivity contribution is 5.83. The molecule has 1 aromatic heterocycles. The van der Waals surface area contributed by atoms with Gasteiger partial charge in [-0.05, 0) is 45.2 Å². The van der Waals surface area contributed by atoms with Crippen molar-refractivity contribution >= 4 is 17.0 Å². The smallest absolute Gasteiger partial charge is 0.410 e. The molecule has 0 bridgehead atoms. The Balaban J connectivity index is 1.60. The fourth-order valence-electron chi connectivity index (χ4n) is 3.46. The van der Waals surface area contributed by atoms with Gasteiger partial charge in [0.1, 0.15) is 5.60 Å². The number of carbonyl (C=O) groups excluding carboxylic acids is 1. The van der Waals surface area contributed by atoms with Gasteiger partial charge in [-0.15, -0.1) is 0 Å². The van der Waals surface area contributed by atoms with Gasteiger partial charge in [0.25, 0.3) is 0 Å². The number of carbonyl (C=O) groups is 1. The minimum absolute atomic E-state index is 0.204. The Morgan fingerprint density at radius 2 is 2.08 bits per heavy atom. The predicted molar refractivity (Wildman–Crippen MR) is 101 cm³/mol. The van der Waals surface area contributed by atoms with Gasteiger partial charge in [-0.2, -0.15) is 0 Å². The summed E-state index contributed by atoms with van der Waals surface area (Å²) in [5.41, 5.74) is 2.10. The summed E-state index contributed by atoms with van der Waals surface area (Å²) in [6.07, 6.45) is 4.08. The summed E-state index contributed by atoms with van der Waals surface area (Å²) in [6.45, 7) is 8.02. The first-order valence-corrected chi connectivity index (χ1v) is 9.08. The SMILES string of the molecule is Cn1cc(CNC2CCCN(C(=O)OC(C)(C)C)C2)c2ccccc21. The number of ether oxygens (including phenoxy) is 1. The summed E-state index contributed by atoms with van der Waals surface area (Å²) in [7, 11) is 2.08. The van der Waals surface area contributed by atoms with Gasteiger partial charge in [-0.25, -0.2) is 4.79 Å². The van der Waals surface area contributed by atoms with Crippen molar-refractivity contribution in [2.24, 2.45) is 7.05 Å². The molecular weight excluding hydrogens is 314 g/mol. The Morgan fingerprint density at radius 1 is 1.32 bits per heavy atom. The molecule has 1 fully saturated rings. The van der Waals surface area contributed by atoms with E-state index in [9.17, 15) is 4.79 Å². The van der Waals surface area contributed by atoms with E-state index in [4.69, 9.17) is 4.74 Å². The molecule has 1 aliphatic rings. The van der Waals surface area contributed by atoms with Crippen LogP contribution in [0.5, 0.6) is 0 Å². The average Bonchev–Trinajstić information content (AvgIpc) is 2.88. The highest BCUT2D eigenvalue weighted by atomic mass is 16.6. The Kier molecular flexibility index (Phi) is 5.04. The molecule has 5 nitrogen and oxygen atoms in total. The van der Waals surface area contributed by atoms with Crippen LogP contribution in [0.15, 0.2) is 30.5 Å². The molecule has 1 unspecified atom stereocenters. The first-order chi connectivity index (χ1) is 11.8. The minimum Gasteiger partial charge on any atom is -0.444 e. The highest BCUT2D eigenvalue weighted by Gasteiger charge is 2.27. The minimum atomic E-state index is -0.444. The third-order valence-corrected chi connectivity index (χ3v) is 4.63. The van der Waals surface area contributed by atoms with Gasteiger partial charge < -0.3 is 19.5 Å². The van der Waals surface area contributed by atoms with E-state index < -0.39 is 5.60 Å². The number of hydrogen-bond donors (Lipinski definition) is 1. The van der Waals surface area contributed by atoms with Crippen LogP contribution in [0.4, 0.5) is 4.79 Å². The van der Waals surface area contributed by atoms with E-state index in [1.165, 1.54) is 16.5 Å². The third-order valence-electron chi connectivity index (χ3n) is 4.63. The number of amides is 1. The van der Waals surface area contributed by atoms with Crippen molar-refractivity contribution < 1.29 is 9.53 Å². The first-order valence-electron chi connectivity index (χ1n) is 9.08. The number of fused-ring (bicyclic) bond motifs is 1. The summed E-state index contributed by atoms with van der Waals surface area (Å²) in [5, 5.41) is 4.92. The van der Waals surface area contributed by atoms with E-state index in [1.54, 1.807) is 0 Å². The van der Waals surface area contributed by atoms with Gasteiger partial charge in [-0.3, -0.25) is 0 Å². The van der Waals surface area contributed by atoms with Gasteiger partial charge >= 0.3 is 6.09 Å². The molecule has 1 N–H and O–H groups in total. The van der Waals surface area contributed by atoms with E-state index in [0.29, 0.717) is 12.6 Å². The van der Waals surface area contributed by atoms with Gasteiger partial charge in [0, 0.05) is 49.8 Å². The van der Waals surface area contributed by atoms with E-state index >= 15 is 0 Å². The summed E-state index contributed by atoms with van der Waals surface area (Å²) < 4.78 is 7.67. The number of rotatable bonds is 3. The van der Waals surface area contributed by atoms with E-state index in [2.05, 4.69) is 47.4 Å². The van der Waals surface area contributed by atoms with Crippen molar-refractivity contribution in [1.82, 2.24) is 14.8 Å². The lowest BCUT2D eigenvalue weighted by Crippen LogP contribution is -2.49. The zero-order valence-corrected chi connectivity index (χ0v) is 15.7. The molecule has 2 heterocycles. The molecule has 0 saturated carbocycles. The van der Waals surface area contributed by atoms with E-state index in [1.807, 2.05) is 25.7 Å². The van der Waals surface area contributed by atoms with Crippen LogP contribution in [-0.2, 0) is 18.3 Å². The fraction of sp³-hybridized carbons (Fsp3) is 0.550. The molecule has 136 valence electrons. The van der Waals surface area contributed by atoms with Crippen molar-refractivity contribution in [3.63, 3.8) is 0 Å². The second-order valence-electron chi connectivity index (χ2n) is 7.93. The van der Waals surface area contributed by atoms with Crippen LogP contribution in [0.2, 0.25) is 0 Å². The van der Waals surface area contributed by atoms with Gasteiger partial charge in [-0.1, -0.05) is 18.2 Å². The van der Waals surface area contributed by atoms with Crippen LogP contribution in [0.25, 0.3) is 10.9 Å². The Hall–Kier alpha value is -2.01. The summed E-state index contributed by atoms with van der Waals surface area (Å²) in [4.78, 5) is 14.1. The Labute approximate surface area is 149 Å². The first kappa shape index (κ1) is 17.8. The lowest BCUT2D eigenvalue weighted by molar-refractivity contribution is 0.0187. The van der Waals surface area contributed by atoms with E-state index in [-0.39, 0.29) is 6.09 Å². The fourth-order valence-corrected chi connectivity index (χ4v) is 3.46. The van der Waals surface area contributed by atoms with Crippen molar-refractivity contribution in [3.8, 4) is 0 Å². The van der Waals surface area contributed by atoms with Crippen LogP contribution in [0.3, 0.4) is 0 Å². The number of aryl methyl sites for hydroxylation is 1. The molecule has 0 spiro atoms. The van der Waals surface area contributed by atoms with Crippen LogP contribution < -0.4 is 5.32 Å². The van der Waals surface area contributed by atoms with Crippen molar-refractivity contribution in [2.75, 3.05) is 13.1 Å². The molecule has 1 atom stereocenters. The Morgan fingerprint density at radius 3 is 2.84 bits per heavy atom. The van der Waals surface area contributed by atoms with E-state index in [0.717, 1.165) is 25.9 Å². The monoisotopic (exact) mass is 343 g/mol. The average molecular weight is 343 g/mol. The van der Waals surface area contributed by atoms with Crippen molar-refractivity contribution in [3.05, 3.63) is 36.0 Å². The third kappa shape index (κ3) is 4.34. The van der Waals surface area contributed by atoms with Crippen LogP contribution in [0.1, 0.15) is 39.2 Å². The van der Waals surface area contributed by atoms with Crippen LogP contribution in [-0.4, -0.2) is 40.3 Å². The zero-order valence-electron chi connectivity index (χ0n) is 15.7. The number of hydrogen-bond acceptors (Lipinski definition) is 3. The van der Waals surface area contributed by atoms with Gasteiger partial charge in [0.2, 0.25) is 0 Å². The number of nitrogens with zero attached hydrogens (tertiary/aromatic N) is 2. The molecule has 1 amide bonds. The van der Waals surface area contributed by atoms with Crippen LogP contribution >= 0.6 is 0 Å². The molecule has 0 aliphatic carbocycles. The number of benzene rings is 1. The molecule has 1 saturated heterocycles. The molecule has 0 radical (unpaired) electrons. The maximum Gasteiger partial charge on any atom is 0.410 e. The summed E-state index contributed by atoms with van der Waals surface area (Å²) in [5.74, 6) is 0. The molecule has 1 aliphatic heterocycles. The Bertz CT molecular complexity index is 745. The molecule has 2 aromatic rings. The maximum absolute atomic E-state index is 12.3. The van der Waals surface area contributed by atoms with Crippen molar-refractivity contribution in [1.29, 1.82) is 0 Å². The number of nitrogens with one attached hydrogen (secondary N) is 1. The molecule has 5 heteroatoms. The predicted octanol–water partition coefficient (Wildman–Crippen LogP) is 3.67. The molecule has 25 heavy (non-hydrogen) atoms. The normalized spacial score (nSPS) is 18.6. The topological polar surface area (TPSA) is 46.5 Å². The standard InChI is InChI=1S/C20H29N3O2/c1-20(2,3)25-19(24)23-11-7-8-16(14-23)21-12-15-13-22(4)18-10-6-5-9-17(15)18/h5-6,9-10,13,16,21H,7-8,11-12,14H2,1-4H3. The second-order valence-corrected chi connectivity index (χ2v) is 7.93. The summed E-state index contributed by atoms with van der Waals surface area (Å²) >= 11 is 0. The van der Waals surface area contributed by atoms with Crippen molar-refractivity contribution in [2.45, 2.75) is 51.8 Å². The van der Waals surface area contributed by atoms with Gasteiger partial charge in [0.15, 0.2) is 0 Å². The molecule has 1 aromatic carbocycles. The zero-order chi connectivity index (χ0) is 18.0. The van der Waals surface area contributed by atoms with Crippen LogP contribution in [0, 0.1) is 0 Å². The highest BCUT2D eigenvalue weighted by Crippen LogP contribution is 2.21. The van der Waals surface area contributed by atoms with Gasteiger partial charge in [0.05, 0.1) is 0 Å².